The Morgan fingerprint density at radius 1 is 0.346 bits per heavy atom. The quantitative estimate of drug-likeness (QED) is 0.181. The topological polar surface area (TPSA) is 20.7 Å². The van der Waals surface area contributed by atoms with Gasteiger partial charge in [0.05, 0.1) is 16.6 Å². The molecule has 2 heterocycles. The first-order valence-electron chi connectivity index (χ1n) is 18.0. The van der Waals surface area contributed by atoms with Gasteiger partial charge < -0.3 is 9.55 Å². The third-order valence-electron chi connectivity index (χ3n) is 10.9. The van der Waals surface area contributed by atoms with Crippen LogP contribution in [0, 0.1) is 0 Å². The van der Waals surface area contributed by atoms with Gasteiger partial charge in [0.25, 0.3) is 0 Å². The van der Waals surface area contributed by atoms with Crippen LogP contribution < -0.4 is 0 Å². The maximum Gasteiger partial charge on any atom is 0.0619 e. The molecular formula is C50H32N2. The maximum absolute atomic E-state index is 3.78. The third kappa shape index (κ3) is 4.19. The van der Waals surface area contributed by atoms with Gasteiger partial charge in [-0.15, -0.1) is 0 Å². The highest BCUT2D eigenvalue weighted by Crippen LogP contribution is 2.46. The summed E-state index contributed by atoms with van der Waals surface area (Å²) < 4.78 is 2.44. The summed E-state index contributed by atoms with van der Waals surface area (Å²) in [4.78, 5) is 3.78. The van der Waals surface area contributed by atoms with E-state index in [2.05, 4.69) is 198 Å². The van der Waals surface area contributed by atoms with Crippen molar-refractivity contribution < 1.29 is 0 Å². The summed E-state index contributed by atoms with van der Waals surface area (Å²) in [7, 11) is 0. The standard InChI is InChI=1S/C50H32N2/c1-3-15-32(16-4-1)48-38-23-11-21-34(40-25-13-26-41-36-19-7-9-29-46(36)51-49(40)41)44(38)31-45-35(22-12-24-39(45)48)42-27-14-28-43-37-20-8-10-30-47(37)52(50(42)43)33-17-5-2-6-18-33/h1-31,51H. The first-order chi connectivity index (χ1) is 25.8. The fraction of sp³-hybridized carbons (Fsp3) is 0. The van der Waals surface area contributed by atoms with Crippen LogP contribution in [0.4, 0.5) is 0 Å². The second-order valence-corrected chi connectivity index (χ2v) is 13.7. The van der Waals surface area contributed by atoms with Gasteiger partial charge in [-0.25, -0.2) is 0 Å². The van der Waals surface area contributed by atoms with E-state index in [-0.39, 0.29) is 0 Å². The Balaban J connectivity index is 1.28. The molecule has 0 aliphatic rings. The molecule has 242 valence electrons. The van der Waals surface area contributed by atoms with Gasteiger partial charge in [0, 0.05) is 43.9 Å². The number of rotatable bonds is 4. The number of benzene rings is 9. The highest BCUT2D eigenvalue weighted by atomic mass is 15.0. The molecule has 0 unspecified atom stereocenters. The number of para-hydroxylation sites is 5. The Hall–Kier alpha value is -6.90. The lowest BCUT2D eigenvalue weighted by Gasteiger charge is -2.18. The Kier molecular flexibility index (Phi) is 6.28. The van der Waals surface area contributed by atoms with Crippen LogP contribution in [0.1, 0.15) is 0 Å². The van der Waals surface area contributed by atoms with E-state index in [0.29, 0.717) is 0 Å². The average molecular weight is 661 g/mol. The van der Waals surface area contributed by atoms with Gasteiger partial charge in [0.1, 0.15) is 0 Å². The first-order valence-corrected chi connectivity index (χ1v) is 18.0. The summed E-state index contributed by atoms with van der Waals surface area (Å²) in [5, 5.41) is 9.98. The number of nitrogens with one attached hydrogen (secondary N) is 1. The van der Waals surface area contributed by atoms with Gasteiger partial charge in [-0.2, -0.15) is 0 Å². The normalized spacial score (nSPS) is 11.8. The number of aromatic amines is 1. The molecule has 1 N–H and O–H groups in total. The van der Waals surface area contributed by atoms with Crippen molar-refractivity contribution >= 4 is 65.2 Å². The largest absolute Gasteiger partial charge is 0.354 e. The molecule has 11 aromatic rings. The van der Waals surface area contributed by atoms with Crippen molar-refractivity contribution in [2.75, 3.05) is 0 Å². The van der Waals surface area contributed by atoms with E-state index < -0.39 is 0 Å². The average Bonchev–Trinajstić information content (AvgIpc) is 3.76. The van der Waals surface area contributed by atoms with Crippen LogP contribution in [0.5, 0.6) is 0 Å². The molecule has 0 saturated heterocycles. The minimum Gasteiger partial charge on any atom is -0.354 e. The molecule has 11 rings (SSSR count). The summed E-state index contributed by atoms with van der Waals surface area (Å²) >= 11 is 0. The van der Waals surface area contributed by atoms with Crippen LogP contribution in [0.3, 0.4) is 0 Å². The smallest absolute Gasteiger partial charge is 0.0619 e. The Morgan fingerprint density at radius 2 is 0.885 bits per heavy atom. The van der Waals surface area contributed by atoms with Gasteiger partial charge in [0.2, 0.25) is 0 Å². The van der Waals surface area contributed by atoms with Crippen molar-refractivity contribution in [3.05, 3.63) is 188 Å². The van der Waals surface area contributed by atoms with Crippen LogP contribution >= 0.6 is 0 Å². The fourth-order valence-electron chi connectivity index (χ4n) is 8.73. The van der Waals surface area contributed by atoms with Gasteiger partial charge in [-0.05, 0) is 74.1 Å². The van der Waals surface area contributed by atoms with Crippen molar-refractivity contribution in [3.8, 4) is 39.1 Å². The number of hydrogen-bond acceptors (Lipinski definition) is 0. The molecule has 0 aliphatic heterocycles. The van der Waals surface area contributed by atoms with Crippen molar-refractivity contribution in [2.45, 2.75) is 0 Å². The predicted octanol–water partition coefficient (Wildman–Crippen LogP) is 13.7. The van der Waals surface area contributed by atoms with E-state index >= 15 is 0 Å². The van der Waals surface area contributed by atoms with E-state index in [0.717, 1.165) is 11.2 Å². The highest BCUT2D eigenvalue weighted by Gasteiger charge is 2.21. The third-order valence-corrected chi connectivity index (χ3v) is 10.9. The monoisotopic (exact) mass is 660 g/mol. The summed E-state index contributed by atoms with van der Waals surface area (Å²) in [6, 6.07) is 68.7. The summed E-state index contributed by atoms with van der Waals surface area (Å²) in [6.45, 7) is 0. The zero-order valence-corrected chi connectivity index (χ0v) is 28.3. The number of H-pyrrole nitrogens is 1. The second-order valence-electron chi connectivity index (χ2n) is 13.7. The lowest BCUT2D eigenvalue weighted by Crippen LogP contribution is -1.96. The van der Waals surface area contributed by atoms with Gasteiger partial charge in [-0.3, -0.25) is 0 Å². The van der Waals surface area contributed by atoms with E-state index in [1.165, 1.54) is 93.0 Å². The lowest BCUT2D eigenvalue weighted by molar-refractivity contribution is 1.18. The van der Waals surface area contributed by atoms with E-state index in [4.69, 9.17) is 0 Å². The zero-order chi connectivity index (χ0) is 34.2. The number of fused-ring (bicyclic) bond motifs is 8. The number of aromatic nitrogens is 2. The number of nitrogens with zero attached hydrogens (tertiary/aromatic N) is 1. The van der Waals surface area contributed by atoms with E-state index in [9.17, 15) is 0 Å². The molecule has 2 aromatic heterocycles. The van der Waals surface area contributed by atoms with Crippen molar-refractivity contribution in [3.63, 3.8) is 0 Å². The molecule has 0 aliphatic carbocycles. The molecule has 0 radical (unpaired) electrons. The molecule has 0 atom stereocenters. The van der Waals surface area contributed by atoms with Crippen LogP contribution in [-0.2, 0) is 0 Å². The Morgan fingerprint density at radius 3 is 1.63 bits per heavy atom. The minimum absolute atomic E-state index is 1.16. The van der Waals surface area contributed by atoms with Crippen LogP contribution in [0.15, 0.2) is 188 Å². The molecule has 0 bridgehead atoms. The fourth-order valence-corrected chi connectivity index (χ4v) is 8.73. The molecule has 2 nitrogen and oxygen atoms in total. The van der Waals surface area contributed by atoms with Gasteiger partial charge >= 0.3 is 0 Å². The van der Waals surface area contributed by atoms with Crippen LogP contribution in [-0.4, -0.2) is 9.55 Å². The lowest BCUT2D eigenvalue weighted by atomic mass is 9.86. The molecule has 0 spiro atoms. The second kappa shape index (κ2) is 11.3. The molecule has 9 aromatic carbocycles. The van der Waals surface area contributed by atoms with E-state index in [1.54, 1.807) is 0 Å². The SMILES string of the molecule is c1ccc(-c2c3cccc(-c4cccc5c4[nH]c4ccccc45)c3cc3c(-c4cccc5c6ccccc6n(-c6ccccc6)c45)cccc23)cc1. The van der Waals surface area contributed by atoms with Crippen LogP contribution in [0.25, 0.3) is 104 Å². The van der Waals surface area contributed by atoms with Crippen molar-refractivity contribution in [1.82, 2.24) is 9.55 Å². The van der Waals surface area contributed by atoms with Crippen molar-refractivity contribution in [2.24, 2.45) is 0 Å². The highest BCUT2D eigenvalue weighted by molar-refractivity contribution is 6.23. The molecule has 0 amide bonds. The number of hydrogen-bond donors (Lipinski definition) is 1. The van der Waals surface area contributed by atoms with Gasteiger partial charge in [-0.1, -0.05) is 158 Å². The van der Waals surface area contributed by atoms with E-state index in [1.807, 2.05) is 0 Å². The molecular weight excluding hydrogens is 629 g/mol. The zero-order valence-electron chi connectivity index (χ0n) is 28.3. The molecule has 0 fully saturated rings. The first kappa shape index (κ1) is 28.9. The molecule has 52 heavy (non-hydrogen) atoms. The molecule has 0 saturated carbocycles. The summed E-state index contributed by atoms with van der Waals surface area (Å²) in [5.41, 5.74) is 13.3. The Labute approximate surface area is 300 Å². The summed E-state index contributed by atoms with van der Waals surface area (Å²) in [5.74, 6) is 0. The molecule has 2 heteroatoms. The Bertz CT molecular complexity index is 3160. The van der Waals surface area contributed by atoms with Gasteiger partial charge in [0.15, 0.2) is 0 Å². The maximum atomic E-state index is 3.78. The summed E-state index contributed by atoms with van der Waals surface area (Å²) in [6.07, 6.45) is 0. The van der Waals surface area contributed by atoms with Crippen molar-refractivity contribution in [1.29, 1.82) is 0 Å². The van der Waals surface area contributed by atoms with Crippen LogP contribution in [0.2, 0.25) is 0 Å². The minimum atomic E-state index is 1.16. The predicted molar refractivity (Wildman–Crippen MR) is 221 cm³/mol.